The largest absolute Gasteiger partial charge is 0.478 e. The Bertz CT molecular complexity index is 400. The smallest absolute Gasteiger partial charge is 0.331 e. The average molecular weight is 267 g/mol. The molecule has 0 aromatic carbocycles. The van der Waals surface area contributed by atoms with Crippen LogP contribution in [0.1, 0.15) is 27.2 Å². The van der Waals surface area contributed by atoms with Crippen molar-refractivity contribution in [1.82, 2.24) is 5.32 Å². The quantitative estimate of drug-likeness (QED) is 0.740. The topological polar surface area (TPSA) is 75.6 Å². The SMILES string of the molecule is C=C[C@H]1C=C(C(=O)O)C[C@@H](OC(C)C)[C@@H]1NC(C)=O. The number of nitrogens with one attached hydrogen (secondary N) is 1. The Morgan fingerprint density at radius 3 is 2.63 bits per heavy atom. The first-order valence-electron chi connectivity index (χ1n) is 6.34. The highest BCUT2D eigenvalue weighted by molar-refractivity contribution is 5.87. The molecule has 0 bridgehead atoms. The normalized spacial score (nSPS) is 26.7. The standard InChI is InChI=1S/C14H21NO4/c1-5-10-6-11(14(17)18)7-12(19-8(2)3)13(10)15-9(4)16/h5-6,8,10,12-13H,1,7H2,2-4H3,(H,15,16)(H,17,18)/t10-,12+,13+/m0/s1. The molecule has 0 aromatic heterocycles. The highest BCUT2D eigenvalue weighted by Crippen LogP contribution is 2.28. The van der Waals surface area contributed by atoms with Crippen LogP contribution in [0.4, 0.5) is 0 Å². The molecular formula is C14H21NO4. The van der Waals surface area contributed by atoms with Crippen LogP contribution < -0.4 is 5.32 Å². The fourth-order valence-corrected chi connectivity index (χ4v) is 2.28. The lowest BCUT2D eigenvalue weighted by molar-refractivity contribution is -0.133. The highest BCUT2D eigenvalue weighted by atomic mass is 16.5. The van der Waals surface area contributed by atoms with Crippen LogP contribution in [0, 0.1) is 5.92 Å². The summed E-state index contributed by atoms with van der Waals surface area (Å²) in [5.74, 6) is -1.36. The van der Waals surface area contributed by atoms with Crippen molar-refractivity contribution >= 4 is 11.9 Å². The molecule has 0 radical (unpaired) electrons. The fourth-order valence-electron chi connectivity index (χ4n) is 2.28. The zero-order valence-electron chi connectivity index (χ0n) is 11.6. The van der Waals surface area contributed by atoms with Gasteiger partial charge in [-0.3, -0.25) is 4.79 Å². The van der Waals surface area contributed by atoms with Gasteiger partial charge in [-0.15, -0.1) is 6.58 Å². The van der Waals surface area contributed by atoms with Crippen LogP contribution >= 0.6 is 0 Å². The van der Waals surface area contributed by atoms with Crippen molar-refractivity contribution in [2.45, 2.75) is 45.4 Å². The average Bonchev–Trinajstić information content (AvgIpc) is 2.29. The summed E-state index contributed by atoms with van der Waals surface area (Å²) in [5.41, 5.74) is 0.303. The molecule has 0 spiro atoms. The Morgan fingerprint density at radius 1 is 1.58 bits per heavy atom. The van der Waals surface area contributed by atoms with Gasteiger partial charge in [0.25, 0.3) is 0 Å². The van der Waals surface area contributed by atoms with E-state index >= 15 is 0 Å². The lowest BCUT2D eigenvalue weighted by atomic mass is 9.83. The van der Waals surface area contributed by atoms with Gasteiger partial charge in [-0.05, 0) is 13.8 Å². The predicted octanol–water partition coefficient (Wildman–Crippen LogP) is 1.50. The number of carboxylic acids is 1. The van der Waals surface area contributed by atoms with Crippen LogP contribution in [0.3, 0.4) is 0 Å². The third-order valence-corrected chi connectivity index (χ3v) is 2.99. The predicted molar refractivity (Wildman–Crippen MR) is 71.6 cm³/mol. The van der Waals surface area contributed by atoms with E-state index < -0.39 is 5.97 Å². The van der Waals surface area contributed by atoms with Gasteiger partial charge in [-0.1, -0.05) is 12.2 Å². The van der Waals surface area contributed by atoms with E-state index in [1.807, 2.05) is 13.8 Å². The maximum Gasteiger partial charge on any atom is 0.331 e. The molecule has 106 valence electrons. The van der Waals surface area contributed by atoms with Crippen LogP contribution in [0.2, 0.25) is 0 Å². The summed E-state index contributed by atoms with van der Waals surface area (Å²) >= 11 is 0. The number of hydrogen-bond donors (Lipinski definition) is 2. The number of amides is 1. The molecule has 0 aliphatic heterocycles. The van der Waals surface area contributed by atoms with Crippen LogP contribution in [0.15, 0.2) is 24.3 Å². The van der Waals surface area contributed by atoms with Gasteiger partial charge in [-0.25, -0.2) is 4.79 Å². The number of rotatable bonds is 5. The number of carbonyl (C=O) groups excluding carboxylic acids is 1. The van der Waals surface area contributed by atoms with Gasteiger partial charge in [0, 0.05) is 24.8 Å². The zero-order valence-corrected chi connectivity index (χ0v) is 11.6. The molecule has 3 atom stereocenters. The lowest BCUT2D eigenvalue weighted by Crippen LogP contribution is -2.50. The minimum atomic E-state index is -0.953. The van der Waals surface area contributed by atoms with Gasteiger partial charge >= 0.3 is 5.97 Å². The van der Waals surface area contributed by atoms with Gasteiger partial charge in [0.05, 0.1) is 18.2 Å². The Morgan fingerprint density at radius 2 is 2.21 bits per heavy atom. The van der Waals surface area contributed by atoms with Crippen LogP contribution in [0.5, 0.6) is 0 Å². The fraction of sp³-hybridized carbons (Fsp3) is 0.571. The second-order valence-electron chi connectivity index (χ2n) is 4.96. The first-order chi connectivity index (χ1) is 8.85. The maximum absolute atomic E-state index is 11.3. The molecule has 0 unspecified atom stereocenters. The number of carbonyl (C=O) groups is 2. The molecule has 1 aliphatic carbocycles. The minimum Gasteiger partial charge on any atom is -0.478 e. The number of ether oxygens (including phenoxy) is 1. The number of aliphatic carboxylic acids is 1. The molecular weight excluding hydrogens is 246 g/mol. The van der Waals surface area contributed by atoms with Gasteiger partial charge in [0.1, 0.15) is 0 Å². The molecule has 1 amide bonds. The second-order valence-corrected chi connectivity index (χ2v) is 4.96. The van der Waals surface area contributed by atoms with Crippen molar-refractivity contribution in [3.05, 3.63) is 24.3 Å². The summed E-state index contributed by atoms with van der Waals surface area (Å²) in [6.45, 7) is 8.90. The van der Waals surface area contributed by atoms with Gasteiger partial charge < -0.3 is 15.2 Å². The summed E-state index contributed by atoms with van der Waals surface area (Å²) in [4.78, 5) is 22.4. The van der Waals surface area contributed by atoms with Gasteiger partial charge in [0.2, 0.25) is 5.91 Å². The van der Waals surface area contributed by atoms with Gasteiger partial charge in [0.15, 0.2) is 0 Å². The van der Waals surface area contributed by atoms with Crippen molar-refractivity contribution in [2.75, 3.05) is 0 Å². The van der Waals surface area contributed by atoms with Crippen LogP contribution in [-0.4, -0.2) is 35.2 Å². The summed E-state index contributed by atoms with van der Waals surface area (Å²) in [6, 6.07) is -0.277. The lowest BCUT2D eigenvalue weighted by Gasteiger charge is -2.36. The van der Waals surface area contributed by atoms with E-state index in [0.29, 0.717) is 5.57 Å². The van der Waals surface area contributed by atoms with Crippen molar-refractivity contribution in [3.63, 3.8) is 0 Å². The third-order valence-electron chi connectivity index (χ3n) is 2.99. The summed E-state index contributed by atoms with van der Waals surface area (Å²) in [7, 11) is 0. The van der Waals surface area contributed by atoms with E-state index in [1.54, 1.807) is 12.2 Å². The first kappa shape index (κ1) is 15.4. The van der Waals surface area contributed by atoms with Crippen LogP contribution in [-0.2, 0) is 14.3 Å². The second kappa shape index (κ2) is 6.52. The summed E-state index contributed by atoms with van der Waals surface area (Å²) < 4.78 is 5.75. The van der Waals surface area contributed by atoms with E-state index in [9.17, 15) is 9.59 Å². The molecule has 0 aromatic rings. The number of carboxylic acid groups (broad SMARTS) is 1. The molecule has 5 heteroatoms. The van der Waals surface area contributed by atoms with E-state index in [2.05, 4.69) is 11.9 Å². The third kappa shape index (κ3) is 4.21. The van der Waals surface area contributed by atoms with Crippen LogP contribution in [0.25, 0.3) is 0 Å². The molecule has 0 saturated heterocycles. The van der Waals surface area contributed by atoms with Crippen molar-refractivity contribution in [2.24, 2.45) is 5.92 Å². The first-order valence-corrected chi connectivity index (χ1v) is 6.34. The molecule has 0 fully saturated rings. The van der Waals surface area contributed by atoms with E-state index in [1.165, 1.54) is 6.92 Å². The highest BCUT2D eigenvalue weighted by Gasteiger charge is 2.35. The van der Waals surface area contributed by atoms with Crippen molar-refractivity contribution < 1.29 is 19.4 Å². The van der Waals surface area contributed by atoms with E-state index in [0.717, 1.165) is 0 Å². The Labute approximate surface area is 113 Å². The number of hydrogen-bond acceptors (Lipinski definition) is 3. The molecule has 1 aliphatic rings. The Hall–Kier alpha value is -1.62. The molecule has 2 N–H and O–H groups in total. The molecule has 0 heterocycles. The molecule has 1 rings (SSSR count). The van der Waals surface area contributed by atoms with E-state index in [4.69, 9.17) is 9.84 Å². The Kier molecular flexibility index (Phi) is 5.30. The molecule has 0 saturated carbocycles. The monoisotopic (exact) mass is 267 g/mol. The van der Waals surface area contributed by atoms with Crippen molar-refractivity contribution in [1.29, 1.82) is 0 Å². The zero-order chi connectivity index (χ0) is 14.6. The van der Waals surface area contributed by atoms with Crippen molar-refractivity contribution in [3.8, 4) is 0 Å². The maximum atomic E-state index is 11.3. The molecule has 19 heavy (non-hydrogen) atoms. The Balaban J connectivity index is 3.02. The van der Waals surface area contributed by atoms with E-state index in [-0.39, 0.29) is 36.5 Å². The van der Waals surface area contributed by atoms with Gasteiger partial charge in [-0.2, -0.15) is 0 Å². The minimum absolute atomic E-state index is 0.0418. The molecule has 5 nitrogen and oxygen atoms in total. The summed E-state index contributed by atoms with van der Waals surface area (Å²) in [6.07, 6.45) is 3.15. The summed E-state index contributed by atoms with van der Waals surface area (Å²) in [5, 5.41) is 12.0.